The molecule has 0 aliphatic heterocycles. The molecule has 1 nitrogen and oxygen atoms in total. The first-order valence-electron chi connectivity index (χ1n) is 6.43. The Hall–Kier alpha value is -0.560. The summed E-state index contributed by atoms with van der Waals surface area (Å²) in [5.41, 5.74) is 3.08. The zero-order chi connectivity index (χ0) is 11.9. The molecule has 0 saturated heterocycles. The fraction of sp³-hybridized carbons (Fsp3) is 0.733. The Labute approximate surface area is 99.3 Å². The van der Waals surface area contributed by atoms with Gasteiger partial charge in [-0.1, -0.05) is 37.6 Å². The van der Waals surface area contributed by atoms with Crippen LogP contribution in [0.25, 0.3) is 0 Å². The highest BCUT2D eigenvalue weighted by atomic mass is 16.3. The van der Waals surface area contributed by atoms with Gasteiger partial charge < -0.3 is 5.11 Å². The van der Waals surface area contributed by atoms with Gasteiger partial charge >= 0.3 is 0 Å². The van der Waals surface area contributed by atoms with Crippen LogP contribution in [0.4, 0.5) is 0 Å². The van der Waals surface area contributed by atoms with Crippen molar-refractivity contribution in [1.82, 2.24) is 0 Å². The Morgan fingerprint density at radius 3 is 2.75 bits per heavy atom. The van der Waals surface area contributed by atoms with Crippen LogP contribution in [-0.2, 0) is 0 Å². The Morgan fingerprint density at radius 2 is 2.12 bits per heavy atom. The summed E-state index contributed by atoms with van der Waals surface area (Å²) in [4.78, 5) is 0. The summed E-state index contributed by atoms with van der Waals surface area (Å²) in [6.07, 6.45) is 6.11. The maximum Gasteiger partial charge on any atom is 0.0760 e. The molecule has 2 aliphatic rings. The molecule has 3 atom stereocenters. The third-order valence-electron chi connectivity index (χ3n) is 4.56. The van der Waals surface area contributed by atoms with Crippen molar-refractivity contribution in [2.75, 3.05) is 0 Å². The summed E-state index contributed by atoms with van der Waals surface area (Å²) >= 11 is 0. The molecular weight excluding hydrogens is 196 g/mol. The molecule has 0 heterocycles. The van der Waals surface area contributed by atoms with Gasteiger partial charge in [0.15, 0.2) is 0 Å². The van der Waals surface area contributed by atoms with Crippen LogP contribution >= 0.6 is 0 Å². The van der Waals surface area contributed by atoms with E-state index in [-0.39, 0.29) is 6.10 Å². The van der Waals surface area contributed by atoms with Gasteiger partial charge in [-0.2, -0.15) is 0 Å². The second-order valence-electron chi connectivity index (χ2n) is 6.39. The van der Waals surface area contributed by atoms with Crippen LogP contribution in [0.5, 0.6) is 0 Å². The molecule has 1 fully saturated rings. The fourth-order valence-electron chi connectivity index (χ4n) is 3.54. The third kappa shape index (κ3) is 2.10. The van der Waals surface area contributed by atoms with E-state index in [0.717, 1.165) is 18.8 Å². The quantitative estimate of drug-likeness (QED) is 0.617. The maximum atomic E-state index is 9.90. The average Bonchev–Trinajstić information content (AvgIpc) is 2.16. The van der Waals surface area contributed by atoms with Crippen molar-refractivity contribution in [3.05, 3.63) is 23.8 Å². The number of aliphatic hydroxyl groups excluding tert-OH is 1. The molecule has 90 valence electrons. The number of fused-ring (bicyclic) bond motifs is 1. The molecule has 0 amide bonds. The number of allylic oxidation sites excluding steroid dienone is 1. The van der Waals surface area contributed by atoms with Gasteiger partial charge in [-0.25, -0.2) is 0 Å². The summed E-state index contributed by atoms with van der Waals surface area (Å²) in [6.45, 7) is 11.1. The van der Waals surface area contributed by atoms with Crippen molar-refractivity contribution in [1.29, 1.82) is 0 Å². The predicted octanol–water partition coefficient (Wildman–Crippen LogP) is 3.70. The van der Waals surface area contributed by atoms with E-state index in [9.17, 15) is 5.11 Å². The Bertz CT molecular complexity index is 324. The summed E-state index contributed by atoms with van der Waals surface area (Å²) in [7, 11) is 0. The van der Waals surface area contributed by atoms with Gasteiger partial charge in [0.2, 0.25) is 0 Å². The highest BCUT2D eigenvalue weighted by Gasteiger charge is 2.47. The SMILES string of the molecule is C=C1CC(O)C=C(C)CCC2C1CC2(C)C. The number of rotatable bonds is 0. The molecule has 0 spiro atoms. The van der Waals surface area contributed by atoms with Gasteiger partial charge in [-0.3, -0.25) is 0 Å². The number of aliphatic hydroxyl groups is 1. The van der Waals surface area contributed by atoms with Crippen LogP contribution in [0.1, 0.15) is 46.5 Å². The van der Waals surface area contributed by atoms with E-state index >= 15 is 0 Å². The lowest BCUT2D eigenvalue weighted by Crippen LogP contribution is -2.44. The van der Waals surface area contributed by atoms with E-state index in [4.69, 9.17) is 0 Å². The molecule has 1 N–H and O–H groups in total. The lowest BCUT2D eigenvalue weighted by molar-refractivity contribution is 0.00210. The minimum atomic E-state index is -0.310. The molecule has 2 rings (SSSR count). The molecule has 2 aliphatic carbocycles. The van der Waals surface area contributed by atoms with Crippen molar-refractivity contribution >= 4 is 0 Å². The molecule has 1 saturated carbocycles. The van der Waals surface area contributed by atoms with Crippen LogP contribution in [-0.4, -0.2) is 11.2 Å². The van der Waals surface area contributed by atoms with Crippen LogP contribution in [0.15, 0.2) is 23.8 Å². The van der Waals surface area contributed by atoms with E-state index in [1.807, 2.05) is 6.08 Å². The normalized spacial score (nSPS) is 38.6. The third-order valence-corrected chi connectivity index (χ3v) is 4.56. The van der Waals surface area contributed by atoms with Crippen molar-refractivity contribution in [2.24, 2.45) is 17.3 Å². The molecule has 0 aromatic carbocycles. The van der Waals surface area contributed by atoms with Crippen LogP contribution < -0.4 is 0 Å². The second kappa shape index (κ2) is 4.03. The van der Waals surface area contributed by atoms with Crippen LogP contribution in [0.3, 0.4) is 0 Å². The van der Waals surface area contributed by atoms with Crippen LogP contribution in [0.2, 0.25) is 0 Å². The fourth-order valence-corrected chi connectivity index (χ4v) is 3.54. The van der Waals surface area contributed by atoms with Gasteiger partial charge in [0.25, 0.3) is 0 Å². The first-order chi connectivity index (χ1) is 7.40. The molecule has 16 heavy (non-hydrogen) atoms. The molecule has 0 bridgehead atoms. The van der Waals surface area contributed by atoms with E-state index in [2.05, 4.69) is 27.4 Å². The summed E-state index contributed by atoms with van der Waals surface area (Å²) in [6, 6.07) is 0. The van der Waals surface area contributed by atoms with Gasteiger partial charge in [-0.05, 0) is 49.9 Å². The van der Waals surface area contributed by atoms with Gasteiger partial charge in [-0.15, -0.1) is 0 Å². The lowest BCUT2D eigenvalue weighted by atomic mass is 9.52. The highest BCUT2D eigenvalue weighted by molar-refractivity contribution is 5.18. The highest BCUT2D eigenvalue weighted by Crippen LogP contribution is 2.56. The Morgan fingerprint density at radius 1 is 1.44 bits per heavy atom. The molecule has 0 radical (unpaired) electrons. The van der Waals surface area contributed by atoms with Gasteiger partial charge in [0, 0.05) is 0 Å². The summed E-state index contributed by atoms with van der Waals surface area (Å²) < 4.78 is 0. The minimum absolute atomic E-state index is 0.310. The molecular formula is C15H24O. The number of hydrogen-bond donors (Lipinski definition) is 1. The zero-order valence-corrected chi connectivity index (χ0v) is 10.8. The lowest BCUT2D eigenvalue weighted by Gasteiger charge is -2.53. The predicted molar refractivity (Wildman–Crippen MR) is 68.1 cm³/mol. The summed E-state index contributed by atoms with van der Waals surface area (Å²) in [5.74, 6) is 1.43. The van der Waals surface area contributed by atoms with Crippen molar-refractivity contribution in [2.45, 2.75) is 52.6 Å². The summed E-state index contributed by atoms with van der Waals surface area (Å²) in [5, 5.41) is 9.90. The zero-order valence-electron chi connectivity index (χ0n) is 10.8. The minimum Gasteiger partial charge on any atom is -0.389 e. The largest absolute Gasteiger partial charge is 0.389 e. The Balaban J connectivity index is 2.16. The van der Waals surface area contributed by atoms with Gasteiger partial charge in [0.05, 0.1) is 6.10 Å². The van der Waals surface area contributed by atoms with E-state index < -0.39 is 0 Å². The van der Waals surface area contributed by atoms with E-state index in [0.29, 0.717) is 11.3 Å². The monoisotopic (exact) mass is 220 g/mol. The molecule has 0 aromatic heterocycles. The van der Waals surface area contributed by atoms with Crippen LogP contribution in [0, 0.1) is 17.3 Å². The average molecular weight is 220 g/mol. The van der Waals surface area contributed by atoms with E-state index in [1.54, 1.807) is 0 Å². The first kappa shape index (κ1) is 11.9. The van der Waals surface area contributed by atoms with Crippen molar-refractivity contribution in [3.8, 4) is 0 Å². The van der Waals surface area contributed by atoms with Crippen molar-refractivity contribution in [3.63, 3.8) is 0 Å². The second-order valence-corrected chi connectivity index (χ2v) is 6.39. The van der Waals surface area contributed by atoms with E-state index in [1.165, 1.54) is 24.0 Å². The molecule has 1 heteroatoms. The molecule has 3 unspecified atom stereocenters. The van der Waals surface area contributed by atoms with Gasteiger partial charge in [0.1, 0.15) is 0 Å². The topological polar surface area (TPSA) is 20.2 Å². The maximum absolute atomic E-state index is 9.90. The number of hydrogen-bond acceptors (Lipinski definition) is 1. The Kier molecular flexibility index (Phi) is 3.00. The standard InChI is InChI=1S/C15H24O/c1-10-5-6-14-13(9-15(14,3)4)11(2)8-12(16)7-10/h7,12-14,16H,2,5-6,8-9H2,1,3-4H3. The smallest absolute Gasteiger partial charge is 0.0760 e. The molecule has 0 aromatic rings. The van der Waals surface area contributed by atoms with Crippen molar-refractivity contribution < 1.29 is 5.11 Å². The first-order valence-corrected chi connectivity index (χ1v) is 6.43.